The van der Waals surface area contributed by atoms with E-state index in [1.54, 1.807) is 13.8 Å². The van der Waals surface area contributed by atoms with Gasteiger partial charge >= 0.3 is 0 Å². The average molecular weight is 469 g/mol. The number of rotatable bonds is 5. The molecule has 32 heavy (non-hydrogen) atoms. The molecule has 0 aromatic carbocycles. The van der Waals surface area contributed by atoms with E-state index in [2.05, 4.69) is 23.9 Å². The Hall–Kier alpha value is -1.49. The van der Waals surface area contributed by atoms with Gasteiger partial charge in [-0.05, 0) is 53.4 Å². The molecule has 3 saturated heterocycles. The molecule has 0 aliphatic carbocycles. The number of nitrogens with zero attached hydrogens (tertiary/aromatic N) is 4. The Balaban J connectivity index is 1.43. The molecule has 0 spiro atoms. The first-order chi connectivity index (χ1) is 15.2. The number of ether oxygens (including phenoxy) is 1. The van der Waals surface area contributed by atoms with E-state index >= 15 is 0 Å². The number of hydrogen-bond acceptors (Lipinski definition) is 7. The van der Waals surface area contributed by atoms with E-state index in [1.165, 1.54) is 4.31 Å². The van der Waals surface area contributed by atoms with Gasteiger partial charge in [0.1, 0.15) is 10.6 Å². The maximum Gasteiger partial charge on any atom is 0.248 e. The lowest BCUT2D eigenvalue weighted by atomic mass is 9.97. The largest absolute Gasteiger partial charge is 0.373 e. The van der Waals surface area contributed by atoms with Crippen LogP contribution in [0.3, 0.4) is 0 Å². The highest BCUT2D eigenvalue weighted by Gasteiger charge is 2.40. The van der Waals surface area contributed by atoms with Crippen LogP contribution >= 0.6 is 0 Å². The van der Waals surface area contributed by atoms with Crippen molar-refractivity contribution in [3.63, 3.8) is 0 Å². The van der Waals surface area contributed by atoms with Crippen molar-refractivity contribution < 1.29 is 22.5 Å². The molecule has 9 nitrogen and oxygen atoms in total. The molecule has 180 valence electrons. The molecule has 0 bridgehead atoms. The number of sulfonamides is 1. The summed E-state index contributed by atoms with van der Waals surface area (Å²) < 4.78 is 38.9. The van der Waals surface area contributed by atoms with Gasteiger partial charge in [-0.15, -0.1) is 0 Å². The van der Waals surface area contributed by atoms with Crippen LogP contribution in [0.5, 0.6) is 0 Å². The molecule has 4 atom stereocenters. The molecule has 3 aliphatic heterocycles. The van der Waals surface area contributed by atoms with Crippen molar-refractivity contribution in [2.45, 2.75) is 76.5 Å². The van der Waals surface area contributed by atoms with Gasteiger partial charge in [-0.25, -0.2) is 8.42 Å². The minimum absolute atomic E-state index is 0.0977. The zero-order chi connectivity index (χ0) is 23.0. The molecule has 3 fully saturated rings. The molecule has 4 heterocycles. The highest BCUT2D eigenvalue weighted by molar-refractivity contribution is 7.89. The number of amides is 1. The van der Waals surface area contributed by atoms with Gasteiger partial charge in [0.2, 0.25) is 15.9 Å². The quantitative estimate of drug-likeness (QED) is 0.650. The van der Waals surface area contributed by atoms with E-state index in [0.717, 1.165) is 45.4 Å². The SMILES string of the molecule is Cc1noc(C)c1S(=O)(=O)N1CCC[C@H](C(=O)N2CCC[C@@H]2CN2C[C@@H](C)O[C@@H](C)C2)C1. The van der Waals surface area contributed by atoms with E-state index in [1.807, 2.05) is 4.90 Å². The summed E-state index contributed by atoms with van der Waals surface area (Å²) in [5, 5.41) is 3.80. The van der Waals surface area contributed by atoms with Crippen LogP contribution < -0.4 is 0 Å². The fourth-order valence-electron chi connectivity index (χ4n) is 5.62. The predicted octanol–water partition coefficient (Wildman–Crippen LogP) is 1.79. The second kappa shape index (κ2) is 9.40. The van der Waals surface area contributed by atoms with Crippen molar-refractivity contribution in [3.8, 4) is 0 Å². The van der Waals surface area contributed by atoms with Crippen molar-refractivity contribution in [1.82, 2.24) is 19.3 Å². The maximum absolute atomic E-state index is 13.5. The Labute approximate surface area is 191 Å². The van der Waals surface area contributed by atoms with E-state index in [4.69, 9.17) is 9.26 Å². The number of piperidine rings is 1. The standard InChI is InChI=1S/C22H36N4O5S/c1-15-11-24(12-16(2)30-15)14-20-8-6-10-26(20)22(27)19-7-5-9-25(13-19)32(28,29)21-17(3)23-31-18(21)4/h15-16,19-20H,5-14H2,1-4H3/t15-,16+,19-,20+/m0/s1. The van der Waals surface area contributed by atoms with Crippen molar-refractivity contribution in [2.24, 2.45) is 5.92 Å². The van der Waals surface area contributed by atoms with Gasteiger partial charge in [0, 0.05) is 45.3 Å². The van der Waals surface area contributed by atoms with Gasteiger partial charge < -0.3 is 14.2 Å². The lowest BCUT2D eigenvalue weighted by molar-refractivity contribution is -0.138. The van der Waals surface area contributed by atoms with Crippen molar-refractivity contribution in [1.29, 1.82) is 0 Å². The Morgan fingerprint density at radius 3 is 2.41 bits per heavy atom. The predicted molar refractivity (Wildman–Crippen MR) is 119 cm³/mol. The molecule has 0 radical (unpaired) electrons. The third kappa shape index (κ3) is 4.73. The van der Waals surface area contributed by atoms with E-state index in [-0.39, 0.29) is 41.5 Å². The second-order valence-corrected chi connectivity index (χ2v) is 11.5. The Kier molecular flexibility index (Phi) is 6.95. The maximum atomic E-state index is 13.5. The molecule has 1 amide bonds. The zero-order valence-corrected chi connectivity index (χ0v) is 20.4. The minimum Gasteiger partial charge on any atom is -0.373 e. The molecule has 1 aromatic heterocycles. The molecular formula is C22H36N4O5S. The molecule has 3 aliphatic rings. The summed E-state index contributed by atoms with van der Waals surface area (Å²) in [6.07, 6.45) is 3.80. The molecule has 0 saturated carbocycles. The summed E-state index contributed by atoms with van der Waals surface area (Å²) in [4.78, 5) is 18.1. The van der Waals surface area contributed by atoms with Crippen LogP contribution in [0.4, 0.5) is 0 Å². The molecule has 10 heteroatoms. The Bertz CT molecular complexity index is 903. The van der Waals surface area contributed by atoms with Crippen molar-refractivity contribution >= 4 is 15.9 Å². The molecule has 0 N–H and O–H groups in total. The number of likely N-dealkylation sites (tertiary alicyclic amines) is 1. The van der Waals surface area contributed by atoms with Crippen LogP contribution in [0.1, 0.15) is 51.0 Å². The van der Waals surface area contributed by atoms with Crippen LogP contribution in [0.2, 0.25) is 0 Å². The van der Waals surface area contributed by atoms with Gasteiger partial charge in [0.15, 0.2) is 5.76 Å². The zero-order valence-electron chi connectivity index (χ0n) is 19.6. The second-order valence-electron chi connectivity index (χ2n) is 9.66. The lowest BCUT2D eigenvalue weighted by Crippen LogP contribution is -2.53. The van der Waals surface area contributed by atoms with Crippen molar-refractivity contribution in [2.75, 3.05) is 39.3 Å². The average Bonchev–Trinajstić information content (AvgIpc) is 3.33. The van der Waals surface area contributed by atoms with Crippen LogP contribution in [-0.4, -0.2) is 91.1 Å². The van der Waals surface area contributed by atoms with E-state index in [9.17, 15) is 13.2 Å². The van der Waals surface area contributed by atoms with Crippen LogP contribution in [0.15, 0.2) is 9.42 Å². The molecule has 0 unspecified atom stereocenters. The summed E-state index contributed by atoms with van der Waals surface area (Å²) >= 11 is 0. The highest BCUT2D eigenvalue weighted by atomic mass is 32.2. The van der Waals surface area contributed by atoms with E-state index < -0.39 is 10.0 Å². The molecule has 1 aromatic rings. The fraction of sp³-hybridized carbons (Fsp3) is 0.818. The third-order valence-corrected chi connectivity index (χ3v) is 9.03. The van der Waals surface area contributed by atoms with Crippen LogP contribution in [0, 0.1) is 19.8 Å². The smallest absolute Gasteiger partial charge is 0.248 e. The molecule has 4 rings (SSSR count). The lowest BCUT2D eigenvalue weighted by Gasteiger charge is -2.39. The first kappa shape index (κ1) is 23.7. The fourth-order valence-corrected chi connectivity index (χ4v) is 7.43. The van der Waals surface area contributed by atoms with Crippen molar-refractivity contribution in [3.05, 3.63) is 11.5 Å². The topological polar surface area (TPSA) is 96.2 Å². The third-order valence-electron chi connectivity index (χ3n) is 6.92. The number of aryl methyl sites for hydroxylation is 2. The highest BCUT2D eigenvalue weighted by Crippen LogP contribution is 2.30. The normalized spacial score (nSPS) is 30.7. The van der Waals surface area contributed by atoms with Gasteiger partial charge in [-0.3, -0.25) is 9.69 Å². The molecular weight excluding hydrogens is 432 g/mol. The van der Waals surface area contributed by atoms with Crippen LogP contribution in [0.25, 0.3) is 0 Å². The Morgan fingerprint density at radius 2 is 1.75 bits per heavy atom. The summed E-state index contributed by atoms with van der Waals surface area (Å²) in [5.41, 5.74) is 0.365. The monoisotopic (exact) mass is 468 g/mol. The summed E-state index contributed by atoms with van der Waals surface area (Å²) in [6, 6.07) is 0.189. The summed E-state index contributed by atoms with van der Waals surface area (Å²) in [6.45, 7) is 11.5. The van der Waals surface area contributed by atoms with E-state index in [0.29, 0.717) is 24.4 Å². The van der Waals surface area contributed by atoms with Crippen LogP contribution in [-0.2, 0) is 19.6 Å². The number of carbonyl (C=O) groups excluding carboxylic acids is 1. The minimum atomic E-state index is -3.73. The van der Waals surface area contributed by atoms with Gasteiger partial charge in [0.25, 0.3) is 0 Å². The Morgan fingerprint density at radius 1 is 1.06 bits per heavy atom. The van der Waals surface area contributed by atoms with Gasteiger partial charge in [-0.1, -0.05) is 5.16 Å². The summed E-state index contributed by atoms with van der Waals surface area (Å²) in [7, 11) is -3.73. The number of hydrogen-bond donors (Lipinski definition) is 0. The number of morpholine rings is 1. The summed E-state index contributed by atoms with van der Waals surface area (Å²) in [5.74, 6) is 0.0900. The first-order valence-electron chi connectivity index (χ1n) is 11.8. The van der Waals surface area contributed by atoms with Gasteiger partial charge in [-0.2, -0.15) is 4.31 Å². The first-order valence-corrected chi connectivity index (χ1v) is 13.2. The van der Waals surface area contributed by atoms with Gasteiger partial charge in [0.05, 0.1) is 18.1 Å². The number of aromatic nitrogens is 1. The number of carbonyl (C=O) groups is 1.